The summed E-state index contributed by atoms with van der Waals surface area (Å²) in [6.07, 6.45) is 0. The predicted octanol–water partition coefficient (Wildman–Crippen LogP) is 5.62. The highest BCUT2D eigenvalue weighted by Crippen LogP contribution is 2.23. The molecule has 0 radical (unpaired) electrons. The van der Waals surface area contributed by atoms with Crippen molar-refractivity contribution in [2.75, 3.05) is 0 Å². The molecule has 0 N–H and O–H groups in total. The number of hydrogen-bond donors (Lipinski definition) is 0. The minimum Gasteiger partial charge on any atom is -0.489 e. The van der Waals surface area contributed by atoms with E-state index in [1.807, 2.05) is 48.5 Å². The van der Waals surface area contributed by atoms with Gasteiger partial charge in [0.1, 0.15) is 24.7 Å². The maximum absolute atomic E-state index is 13.0. The third kappa shape index (κ3) is 4.16. The molecule has 0 aliphatic carbocycles. The molecule has 0 spiro atoms. The van der Waals surface area contributed by atoms with E-state index in [1.165, 1.54) is 0 Å². The molecule has 0 unspecified atom stereocenters. The molecule has 0 atom stereocenters. The molecule has 0 fully saturated rings. The molecule has 4 aliphatic rings. The topological polar surface area (TPSA) is 52.6 Å². The summed E-state index contributed by atoms with van der Waals surface area (Å²) in [6, 6.07) is 29.0. The minimum absolute atomic E-state index is 0.123. The van der Waals surface area contributed by atoms with Gasteiger partial charge in [-0.1, -0.05) is 72.8 Å². The predicted molar refractivity (Wildman–Crippen MR) is 121 cm³/mol. The second-order valence-electron chi connectivity index (χ2n) is 7.69. The summed E-state index contributed by atoms with van der Waals surface area (Å²) < 4.78 is 11.8. The molecule has 4 aromatic carbocycles. The van der Waals surface area contributed by atoms with Crippen LogP contribution >= 0.6 is 0 Å². The molecule has 4 heterocycles. The fraction of sp³-hybridized carbons (Fsp3) is 0.0714. The number of benzene rings is 4. The fourth-order valence-electron chi connectivity index (χ4n) is 3.63. The van der Waals surface area contributed by atoms with Crippen LogP contribution in [0.25, 0.3) is 0 Å². The number of hydrogen-bond acceptors (Lipinski definition) is 4. The SMILES string of the molecule is O=C1c2ccc(cc2)COc2cccc(c2)OCc2ccc(cc2)C(=O)c2cccc1c2. The Labute approximate surface area is 186 Å². The number of ketones is 2. The van der Waals surface area contributed by atoms with Crippen molar-refractivity contribution in [2.45, 2.75) is 13.2 Å². The molecule has 0 saturated heterocycles. The van der Waals surface area contributed by atoms with Crippen LogP contribution in [0, 0.1) is 0 Å². The Balaban J connectivity index is 1.53. The van der Waals surface area contributed by atoms with Crippen LogP contribution in [0.2, 0.25) is 0 Å². The van der Waals surface area contributed by atoms with Gasteiger partial charge in [-0.05, 0) is 29.3 Å². The molecule has 8 bridgehead atoms. The minimum atomic E-state index is -0.123. The zero-order valence-electron chi connectivity index (χ0n) is 17.3. The van der Waals surface area contributed by atoms with Gasteiger partial charge in [-0.2, -0.15) is 0 Å². The van der Waals surface area contributed by atoms with Crippen LogP contribution in [0.5, 0.6) is 11.5 Å². The van der Waals surface area contributed by atoms with Crippen molar-refractivity contribution in [3.05, 3.63) is 130 Å². The average molecular weight is 420 g/mol. The van der Waals surface area contributed by atoms with Gasteiger partial charge in [0.15, 0.2) is 11.6 Å². The van der Waals surface area contributed by atoms with Gasteiger partial charge in [0, 0.05) is 28.3 Å². The third-order valence-electron chi connectivity index (χ3n) is 5.44. The number of carbonyl (C=O) groups is 2. The van der Waals surface area contributed by atoms with Gasteiger partial charge in [-0.25, -0.2) is 0 Å². The number of carbonyl (C=O) groups excluding carboxylic acids is 2. The second kappa shape index (κ2) is 8.52. The highest BCUT2D eigenvalue weighted by atomic mass is 16.5. The maximum Gasteiger partial charge on any atom is 0.193 e. The van der Waals surface area contributed by atoms with Gasteiger partial charge >= 0.3 is 0 Å². The summed E-state index contributed by atoms with van der Waals surface area (Å²) >= 11 is 0. The van der Waals surface area contributed by atoms with Crippen LogP contribution in [0.3, 0.4) is 0 Å². The molecule has 4 aliphatic heterocycles. The Morgan fingerprint density at radius 2 is 0.906 bits per heavy atom. The lowest BCUT2D eigenvalue weighted by Crippen LogP contribution is -2.06. The highest BCUT2D eigenvalue weighted by molar-refractivity contribution is 6.13. The second-order valence-corrected chi connectivity index (χ2v) is 7.69. The van der Waals surface area contributed by atoms with E-state index in [9.17, 15) is 9.59 Å². The Morgan fingerprint density at radius 3 is 1.38 bits per heavy atom. The quantitative estimate of drug-likeness (QED) is 0.371. The first-order chi connectivity index (χ1) is 15.7. The van der Waals surface area contributed by atoms with Crippen LogP contribution in [-0.2, 0) is 13.2 Å². The van der Waals surface area contributed by atoms with E-state index in [2.05, 4.69) is 0 Å². The van der Waals surface area contributed by atoms with Gasteiger partial charge in [0.05, 0.1) is 0 Å². The Kier molecular flexibility index (Phi) is 5.26. The van der Waals surface area contributed by atoms with Gasteiger partial charge in [-0.15, -0.1) is 0 Å². The van der Waals surface area contributed by atoms with Gasteiger partial charge in [-0.3, -0.25) is 9.59 Å². The molecular formula is C28H20O4. The zero-order chi connectivity index (χ0) is 21.9. The summed E-state index contributed by atoms with van der Waals surface area (Å²) in [5.41, 5.74) is 3.99. The van der Waals surface area contributed by atoms with E-state index in [1.54, 1.807) is 48.5 Å². The van der Waals surface area contributed by atoms with Crippen LogP contribution in [-0.4, -0.2) is 11.6 Å². The smallest absolute Gasteiger partial charge is 0.193 e. The number of rotatable bonds is 0. The van der Waals surface area contributed by atoms with Gasteiger partial charge in [0.25, 0.3) is 0 Å². The van der Waals surface area contributed by atoms with Crippen molar-refractivity contribution in [3.63, 3.8) is 0 Å². The normalized spacial score (nSPS) is 13.4. The molecule has 32 heavy (non-hydrogen) atoms. The van der Waals surface area contributed by atoms with Crippen LogP contribution < -0.4 is 9.47 Å². The molecule has 8 rings (SSSR count). The lowest BCUT2D eigenvalue weighted by atomic mass is 9.97. The summed E-state index contributed by atoms with van der Waals surface area (Å²) in [5, 5.41) is 0. The Bertz CT molecular complexity index is 1190. The first-order valence-corrected chi connectivity index (χ1v) is 10.4. The van der Waals surface area contributed by atoms with E-state index in [4.69, 9.17) is 9.47 Å². The van der Waals surface area contributed by atoms with Crippen molar-refractivity contribution in [1.29, 1.82) is 0 Å². The van der Waals surface area contributed by atoms with E-state index in [0.29, 0.717) is 47.0 Å². The van der Waals surface area contributed by atoms with E-state index in [-0.39, 0.29) is 11.6 Å². The van der Waals surface area contributed by atoms with E-state index < -0.39 is 0 Å². The van der Waals surface area contributed by atoms with Gasteiger partial charge < -0.3 is 9.47 Å². The molecule has 0 amide bonds. The maximum atomic E-state index is 13.0. The zero-order valence-corrected chi connectivity index (χ0v) is 17.3. The first kappa shape index (κ1) is 19.8. The van der Waals surface area contributed by atoms with Crippen LogP contribution in [0.15, 0.2) is 97.1 Å². The van der Waals surface area contributed by atoms with Crippen molar-refractivity contribution in [2.24, 2.45) is 0 Å². The average Bonchev–Trinajstić information content (AvgIpc) is 2.86. The third-order valence-corrected chi connectivity index (χ3v) is 5.44. The molecule has 156 valence electrons. The van der Waals surface area contributed by atoms with Crippen LogP contribution in [0.4, 0.5) is 0 Å². The standard InChI is InChI=1S/C28H20O4/c29-27-21-11-7-19(8-12-21)17-31-25-5-2-6-26(16-25)32-18-20-9-13-22(14-10-20)28(30)24-4-1-3-23(27)15-24/h1-16H,17-18H2. The lowest BCUT2D eigenvalue weighted by Gasteiger charge is -2.11. The Hall–Kier alpha value is -4.18. The van der Waals surface area contributed by atoms with Crippen molar-refractivity contribution in [1.82, 2.24) is 0 Å². The first-order valence-electron chi connectivity index (χ1n) is 10.4. The Morgan fingerprint density at radius 1 is 0.469 bits per heavy atom. The monoisotopic (exact) mass is 420 g/mol. The summed E-state index contributed by atoms with van der Waals surface area (Å²) in [6.45, 7) is 0.757. The summed E-state index contributed by atoms with van der Waals surface area (Å²) in [7, 11) is 0. The molecule has 0 aromatic heterocycles. The molecule has 4 heteroatoms. The molecular weight excluding hydrogens is 400 g/mol. The molecule has 4 aromatic rings. The summed E-state index contributed by atoms with van der Waals surface area (Å²) in [4.78, 5) is 26.0. The van der Waals surface area contributed by atoms with Crippen molar-refractivity contribution in [3.8, 4) is 11.5 Å². The van der Waals surface area contributed by atoms with Crippen LogP contribution in [0.1, 0.15) is 43.0 Å². The highest BCUT2D eigenvalue weighted by Gasteiger charge is 2.14. The summed E-state index contributed by atoms with van der Waals surface area (Å²) in [5.74, 6) is 1.16. The van der Waals surface area contributed by atoms with Crippen molar-refractivity contribution >= 4 is 11.6 Å². The number of ether oxygens (including phenoxy) is 2. The van der Waals surface area contributed by atoms with Gasteiger partial charge in [0.2, 0.25) is 0 Å². The fourth-order valence-corrected chi connectivity index (χ4v) is 3.63. The lowest BCUT2D eigenvalue weighted by molar-refractivity contribution is 0.103. The van der Waals surface area contributed by atoms with E-state index in [0.717, 1.165) is 11.1 Å². The van der Waals surface area contributed by atoms with E-state index >= 15 is 0 Å². The molecule has 4 nitrogen and oxygen atoms in total. The largest absolute Gasteiger partial charge is 0.489 e. The van der Waals surface area contributed by atoms with Crippen molar-refractivity contribution < 1.29 is 19.1 Å². The molecule has 0 saturated carbocycles.